The van der Waals surface area contributed by atoms with Gasteiger partial charge in [-0.05, 0) is 24.6 Å². The molecule has 0 saturated heterocycles. The lowest BCUT2D eigenvalue weighted by molar-refractivity contribution is 0.112. The molecule has 1 aliphatic carbocycles. The summed E-state index contributed by atoms with van der Waals surface area (Å²) in [5.41, 5.74) is 2.46. The molecule has 0 spiro atoms. The van der Waals surface area contributed by atoms with E-state index in [1.807, 2.05) is 0 Å². The van der Waals surface area contributed by atoms with Gasteiger partial charge in [0, 0.05) is 12.0 Å². The molecule has 0 bridgehead atoms. The standard InChI is InChI=1S/C16H13F3N4/c1-9(17)15-21-20-14-7-6-13(22-23(14)15)11-4-2-10(3-5-11)12-8-16(12,18)19/h2-7,9,12H,8H2,1H3/t9?,12-/m1/s1. The third kappa shape index (κ3) is 2.36. The summed E-state index contributed by atoms with van der Waals surface area (Å²) in [5, 5.41) is 12.0. The molecule has 1 aliphatic rings. The van der Waals surface area contributed by atoms with Gasteiger partial charge in [0.2, 0.25) is 0 Å². The second-order valence-electron chi connectivity index (χ2n) is 5.80. The van der Waals surface area contributed by atoms with Crippen LogP contribution in [-0.4, -0.2) is 25.7 Å². The van der Waals surface area contributed by atoms with Gasteiger partial charge in [0.25, 0.3) is 5.92 Å². The van der Waals surface area contributed by atoms with E-state index >= 15 is 0 Å². The van der Waals surface area contributed by atoms with Crippen molar-refractivity contribution in [1.82, 2.24) is 19.8 Å². The van der Waals surface area contributed by atoms with E-state index in [0.29, 0.717) is 16.9 Å². The molecule has 0 N–H and O–H groups in total. The Morgan fingerprint density at radius 2 is 1.83 bits per heavy atom. The van der Waals surface area contributed by atoms with E-state index in [0.717, 1.165) is 5.56 Å². The van der Waals surface area contributed by atoms with Gasteiger partial charge in [-0.3, -0.25) is 0 Å². The SMILES string of the molecule is CC(F)c1nnc2ccc(-c3ccc([C@H]4CC4(F)F)cc3)nn12. The maximum absolute atomic E-state index is 13.5. The first kappa shape index (κ1) is 14.2. The summed E-state index contributed by atoms with van der Waals surface area (Å²) in [6.45, 7) is 1.37. The van der Waals surface area contributed by atoms with E-state index in [9.17, 15) is 13.2 Å². The first-order valence-electron chi connectivity index (χ1n) is 7.30. The molecule has 1 aromatic carbocycles. The van der Waals surface area contributed by atoms with Crippen molar-refractivity contribution in [2.75, 3.05) is 0 Å². The van der Waals surface area contributed by atoms with Crippen molar-refractivity contribution in [3.8, 4) is 11.3 Å². The number of rotatable bonds is 3. The molecule has 23 heavy (non-hydrogen) atoms. The van der Waals surface area contributed by atoms with Gasteiger partial charge in [0.15, 0.2) is 17.6 Å². The second-order valence-corrected chi connectivity index (χ2v) is 5.80. The summed E-state index contributed by atoms with van der Waals surface area (Å²) in [7, 11) is 0. The maximum atomic E-state index is 13.5. The first-order chi connectivity index (χ1) is 11.0. The molecule has 0 aliphatic heterocycles. The van der Waals surface area contributed by atoms with Gasteiger partial charge in [-0.15, -0.1) is 10.2 Å². The molecular weight excluding hydrogens is 305 g/mol. The molecule has 1 fully saturated rings. The summed E-state index contributed by atoms with van der Waals surface area (Å²) < 4.78 is 41.1. The Kier molecular flexibility index (Phi) is 2.94. The fourth-order valence-corrected chi connectivity index (χ4v) is 2.67. The predicted molar refractivity (Wildman–Crippen MR) is 78.0 cm³/mol. The Hall–Kier alpha value is -2.44. The Morgan fingerprint density at radius 1 is 1.13 bits per heavy atom. The molecular formula is C16H13F3N4. The summed E-state index contributed by atoms with van der Waals surface area (Å²) in [6, 6.07) is 10.3. The predicted octanol–water partition coefficient (Wildman–Crippen LogP) is 3.94. The monoisotopic (exact) mass is 318 g/mol. The van der Waals surface area contributed by atoms with Crippen LogP contribution in [0.5, 0.6) is 0 Å². The van der Waals surface area contributed by atoms with Gasteiger partial charge in [-0.25, -0.2) is 13.2 Å². The summed E-state index contributed by atoms with van der Waals surface area (Å²) in [4.78, 5) is 0. The van der Waals surface area contributed by atoms with Crippen LogP contribution in [0.2, 0.25) is 0 Å². The molecule has 1 unspecified atom stereocenters. The van der Waals surface area contributed by atoms with Gasteiger partial charge < -0.3 is 0 Å². The number of alkyl halides is 3. The largest absolute Gasteiger partial charge is 0.255 e. The van der Waals surface area contributed by atoms with Crippen molar-refractivity contribution in [2.24, 2.45) is 0 Å². The lowest BCUT2D eigenvalue weighted by Gasteiger charge is -2.05. The minimum Gasteiger partial charge on any atom is -0.239 e. The van der Waals surface area contributed by atoms with Crippen LogP contribution < -0.4 is 0 Å². The van der Waals surface area contributed by atoms with Crippen LogP contribution in [0.4, 0.5) is 13.2 Å². The molecule has 2 aromatic heterocycles. The highest BCUT2D eigenvalue weighted by molar-refractivity contribution is 5.61. The highest BCUT2D eigenvalue weighted by Crippen LogP contribution is 2.55. The number of hydrogen-bond donors (Lipinski definition) is 0. The van der Waals surface area contributed by atoms with E-state index in [-0.39, 0.29) is 12.2 Å². The van der Waals surface area contributed by atoms with Crippen molar-refractivity contribution in [1.29, 1.82) is 0 Å². The minimum atomic E-state index is -2.58. The molecule has 3 aromatic rings. The fraction of sp³-hybridized carbons (Fsp3) is 0.312. The fourth-order valence-electron chi connectivity index (χ4n) is 2.67. The Bertz CT molecular complexity index is 871. The van der Waals surface area contributed by atoms with Crippen molar-refractivity contribution in [2.45, 2.75) is 31.4 Å². The number of fused-ring (bicyclic) bond motifs is 1. The van der Waals surface area contributed by atoms with Gasteiger partial charge in [0.1, 0.15) is 0 Å². The smallest absolute Gasteiger partial charge is 0.239 e. The minimum absolute atomic E-state index is 0.0883. The van der Waals surface area contributed by atoms with E-state index in [1.54, 1.807) is 36.4 Å². The van der Waals surface area contributed by atoms with Crippen LogP contribution in [0.25, 0.3) is 16.9 Å². The summed E-state index contributed by atoms with van der Waals surface area (Å²) in [5.74, 6) is -3.12. The number of nitrogens with zero attached hydrogens (tertiary/aromatic N) is 4. The molecule has 0 amide bonds. The average Bonchev–Trinajstić information content (AvgIpc) is 2.97. The van der Waals surface area contributed by atoms with Crippen LogP contribution in [0.3, 0.4) is 0 Å². The lowest BCUT2D eigenvalue weighted by atomic mass is 10.1. The van der Waals surface area contributed by atoms with Gasteiger partial charge in [-0.1, -0.05) is 24.3 Å². The quantitative estimate of drug-likeness (QED) is 0.734. The van der Waals surface area contributed by atoms with Crippen LogP contribution in [0.15, 0.2) is 36.4 Å². The molecule has 118 valence electrons. The zero-order chi connectivity index (χ0) is 16.2. The number of hydrogen-bond acceptors (Lipinski definition) is 3. The normalized spacial score (nSPS) is 20.6. The number of aromatic nitrogens is 4. The molecule has 7 heteroatoms. The zero-order valence-electron chi connectivity index (χ0n) is 12.2. The van der Waals surface area contributed by atoms with Gasteiger partial charge >= 0.3 is 0 Å². The highest BCUT2D eigenvalue weighted by atomic mass is 19.3. The maximum Gasteiger partial charge on any atom is 0.255 e. The summed E-state index contributed by atoms with van der Waals surface area (Å²) >= 11 is 0. The van der Waals surface area contributed by atoms with E-state index < -0.39 is 18.0 Å². The Balaban J connectivity index is 1.70. The van der Waals surface area contributed by atoms with Crippen LogP contribution in [0.1, 0.15) is 36.8 Å². The van der Waals surface area contributed by atoms with Crippen LogP contribution in [-0.2, 0) is 0 Å². The molecule has 2 heterocycles. The summed E-state index contributed by atoms with van der Waals surface area (Å²) in [6.07, 6.45) is -1.37. The van der Waals surface area contributed by atoms with E-state index in [1.165, 1.54) is 11.4 Å². The topological polar surface area (TPSA) is 43.1 Å². The van der Waals surface area contributed by atoms with Gasteiger partial charge in [-0.2, -0.15) is 9.61 Å². The van der Waals surface area contributed by atoms with Gasteiger partial charge in [0.05, 0.1) is 11.6 Å². The Morgan fingerprint density at radius 3 is 2.43 bits per heavy atom. The van der Waals surface area contributed by atoms with Crippen molar-refractivity contribution >= 4 is 5.65 Å². The molecule has 0 radical (unpaired) electrons. The first-order valence-corrected chi connectivity index (χ1v) is 7.30. The van der Waals surface area contributed by atoms with Crippen molar-refractivity contribution in [3.63, 3.8) is 0 Å². The third-order valence-corrected chi connectivity index (χ3v) is 4.08. The lowest BCUT2D eigenvalue weighted by Crippen LogP contribution is -2.01. The molecule has 4 rings (SSSR count). The molecule has 1 saturated carbocycles. The molecule has 2 atom stereocenters. The number of halogens is 3. The van der Waals surface area contributed by atoms with E-state index in [4.69, 9.17) is 0 Å². The number of benzene rings is 1. The van der Waals surface area contributed by atoms with E-state index in [2.05, 4.69) is 15.3 Å². The van der Waals surface area contributed by atoms with Crippen molar-refractivity contribution in [3.05, 3.63) is 47.8 Å². The van der Waals surface area contributed by atoms with Crippen molar-refractivity contribution < 1.29 is 13.2 Å². The van der Waals surface area contributed by atoms with Crippen LogP contribution >= 0.6 is 0 Å². The Labute approximate surface area is 130 Å². The highest BCUT2D eigenvalue weighted by Gasteiger charge is 2.57. The zero-order valence-corrected chi connectivity index (χ0v) is 12.2. The van der Waals surface area contributed by atoms with Crippen LogP contribution in [0, 0.1) is 0 Å². The molecule has 4 nitrogen and oxygen atoms in total. The second kappa shape index (κ2) is 4.78. The average molecular weight is 318 g/mol. The third-order valence-electron chi connectivity index (χ3n) is 4.08.